The number of hydrogen-bond donors (Lipinski definition) is 3. The van der Waals surface area contributed by atoms with Crippen LogP contribution in [-0.2, 0) is 12.7 Å². The molecule has 0 bridgehead atoms. The molecule has 35 heavy (non-hydrogen) atoms. The van der Waals surface area contributed by atoms with E-state index in [9.17, 15) is 18.3 Å². The second kappa shape index (κ2) is 10.4. The monoisotopic (exact) mass is 490 g/mol. The molecule has 4 N–H and O–H groups in total. The molecule has 1 saturated heterocycles. The Balaban J connectivity index is 1.97. The topological polar surface area (TPSA) is 128 Å². The Morgan fingerprint density at radius 3 is 2.66 bits per heavy atom. The number of imidazole rings is 1. The van der Waals surface area contributed by atoms with Crippen LogP contribution in [-0.4, -0.2) is 61.8 Å². The molecule has 12 heteroatoms. The lowest BCUT2D eigenvalue weighted by Crippen LogP contribution is -2.50. The Hall–Kier alpha value is -3.54. The van der Waals surface area contributed by atoms with Crippen LogP contribution in [0.15, 0.2) is 52.6 Å². The summed E-state index contributed by atoms with van der Waals surface area (Å²) in [6, 6.07) is 0. The van der Waals surface area contributed by atoms with Crippen molar-refractivity contribution in [2.75, 3.05) is 13.1 Å². The molecule has 0 aromatic carbocycles. The van der Waals surface area contributed by atoms with E-state index in [1.165, 1.54) is 29.2 Å². The number of alkyl halides is 3. The maximum absolute atomic E-state index is 13.1. The van der Waals surface area contributed by atoms with E-state index < -0.39 is 17.5 Å². The van der Waals surface area contributed by atoms with Gasteiger partial charge in [-0.15, -0.1) is 0 Å². The van der Waals surface area contributed by atoms with E-state index in [1.807, 2.05) is 4.90 Å². The van der Waals surface area contributed by atoms with E-state index in [0.717, 1.165) is 12.4 Å². The van der Waals surface area contributed by atoms with Gasteiger partial charge in [0.25, 0.3) is 0 Å². The van der Waals surface area contributed by atoms with Crippen LogP contribution in [0.25, 0.3) is 5.65 Å². The van der Waals surface area contributed by atoms with Crippen LogP contribution < -0.4 is 5.73 Å². The molecule has 2 unspecified atom stereocenters. The summed E-state index contributed by atoms with van der Waals surface area (Å²) in [7, 11) is 0. The number of amidine groups is 1. The molecule has 0 saturated carbocycles. The largest absolute Gasteiger partial charge is 0.434 e. The van der Waals surface area contributed by atoms with E-state index in [4.69, 9.17) is 11.1 Å². The van der Waals surface area contributed by atoms with Gasteiger partial charge in [0, 0.05) is 43.5 Å². The Labute approximate surface area is 201 Å². The second-order valence-corrected chi connectivity index (χ2v) is 8.92. The number of aliphatic hydroxyl groups is 1. The van der Waals surface area contributed by atoms with Crippen molar-refractivity contribution in [1.29, 1.82) is 5.41 Å². The molecule has 3 rings (SSSR count). The molecule has 2 atom stereocenters. The molecule has 0 amide bonds. The smallest absolute Gasteiger partial charge is 0.404 e. The molecule has 188 valence electrons. The first-order valence-corrected chi connectivity index (χ1v) is 10.9. The first kappa shape index (κ1) is 26.1. The number of hydrogen-bond acceptors (Lipinski definition) is 7. The van der Waals surface area contributed by atoms with Crippen molar-refractivity contribution in [3.63, 3.8) is 0 Å². The molecule has 2 aromatic heterocycles. The van der Waals surface area contributed by atoms with E-state index in [2.05, 4.69) is 26.7 Å². The van der Waals surface area contributed by atoms with Crippen molar-refractivity contribution in [3.8, 4) is 0 Å². The van der Waals surface area contributed by atoms with Crippen LogP contribution >= 0.6 is 0 Å². The SMILES string of the molecule is C=N/C=C\C(=NCc1cnc2cnc(C(F)(F)F)cn12)N1CC(/C(C=N)=C/N)CC(C(C)(C)O)C1. The van der Waals surface area contributed by atoms with Gasteiger partial charge >= 0.3 is 6.18 Å². The minimum Gasteiger partial charge on any atom is -0.404 e. The van der Waals surface area contributed by atoms with Crippen molar-refractivity contribution in [3.05, 3.63) is 54.0 Å². The molecule has 1 aliphatic heterocycles. The van der Waals surface area contributed by atoms with Gasteiger partial charge in [-0.2, -0.15) is 13.2 Å². The summed E-state index contributed by atoms with van der Waals surface area (Å²) < 4.78 is 40.7. The summed E-state index contributed by atoms with van der Waals surface area (Å²) in [6.07, 6.45) is 5.20. The van der Waals surface area contributed by atoms with Crippen LogP contribution in [0, 0.1) is 17.2 Å². The quantitative estimate of drug-likeness (QED) is 0.406. The van der Waals surface area contributed by atoms with Gasteiger partial charge in [-0.05, 0) is 44.8 Å². The average molecular weight is 491 g/mol. The van der Waals surface area contributed by atoms with Crippen molar-refractivity contribution in [2.45, 2.75) is 38.6 Å². The highest BCUT2D eigenvalue weighted by Gasteiger charge is 2.37. The van der Waals surface area contributed by atoms with Gasteiger partial charge in [-0.1, -0.05) is 0 Å². The molecular formula is C23H29F3N8O. The van der Waals surface area contributed by atoms with Gasteiger partial charge < -0.3 is 21.1 Å². The number of nitrogens with zero attached hydrogens (tertiary/aromatic N) is 6. The van der Waals surface area contributed by atoms with Gasteiger partial charge in [0.15, 0.2) is 11.3 Å². The van der Waals surface area contributed by atoms with Crippen LogP contribution in [0.3, 0.4) is 0 Å². The Kier molecular flexibility index (Phi) is 7.73. The van der Waals surface area contributed by atoms with Crippen LogP contribution in [0.2, 0.25) is 0 Å². The van der Waals surface area contributed by atoms with Gasteiger partial charge in [0.1, 0.15) is 5.84 Å². The predicted molar refractivity (Wildman–Crippen MR) is 128 cm³/mol. The summed E-state index contributed by atoms with van der Waals surface area (Å²) in [6.45, 7) is 7.92. The molecule has 2 aromatic rings. The van der Waals surface area contributed by atoms with Crippen molar-refractivity contribution < 1.29 is 18.3 Å². The highest BCUT2D eigenvalue weighted by atomic mass is 19.4. The standard InChI is InChI=1S/C23H29F3N8O/c1-22(2,35)17-6-15(16(7-27)8-28)12-33(13-17)20(4-5-29-3)31-9-18-10-32-21-11-30-19(14-34(18)21)23(24,25)26/h4-5,7-8,10-11,14-15,17,27,35H,3,6,9,12-13,28H2,1-2H3/b5-4-,16-8+,27-7?,31-20?. The number of piperidine rings is 1. The van der Waals surface area contributed by atoms with E-state index in [0.29, 0.717) is 36.6 Å². The third-order valence-electron chi connectivity index (χ3n) is 6.10. The van der Waals surface area contributed by atoms with Crippen LogP contribution in [0.1, 0.15) is 31.7 Å². The number of halogens is 3. The number of rotatable bonds is 7. The number of nitrogens with one attached hydrogen (secondary N) is 1. The maximum Gasteiger partial charge on any atom is 0.434 e. The third kappa shape index (κ3) is 6.13. The molecule has 0 spiro atoms. The highest BCUT2D eigenvalue weighted by molar-refractivity contribution is 5.93. The number of aromatic nitrogens is 3. The molecule has 9 nitrogen and oxygen atoms in total. The van der Waals surface area contributed by atoms with Gasteiger partial charge in [0.05, 0.1) is 30.2 Å². The van der Waals surface area contributed by atoms with Crippen LogP contribution in [0.5, 0.6) is 0 Å². The van der Waals surface area contributed by atoms with Gasteiger partial charge in [-0.25, -0.2) is 9.97 Å². The Morgan fingerprint density at radius 2 is 2.06 bits per heavy atom. The molecular weight excluding hydrogens is 461 g/mol. The van der Waals surface area contributed by atoms with Gasteiger partial charge in [0.2, 0.25) is 0 Å². The zero-order chi connectivity index (χ0) is 25.8. The van der Waals surface area contributed by atoms with E-state index >= 15 is 0 Å². The minimum absolute atomic E-state index is 0.0395. The summed E-state index contributed by atoms with van der Waals surface area (Å²) in [5, 5.41) is 18.4. The fourth-order valence-electron chi connectivity index (χ4n) is 4.08. The van der Waals surface area contributed by atoms with Crippen molar-refractivity contribution >= 4 is 24.4 Å². The highest BCUT2D eigenvalue weighted by Crippen LogP contribution is 2.33. The molecule has 1 fully saturated rings. The maximum atomic E-state index is 13.1. The van der Waals surface area contributed by atoms with Gasteiger partial charge in [-0.3, -0.25) is 14.4 Å². The van der Waals surface area contributed by atoms with Crippen LogP contribution in [0.4, 0.5) is 13.2 Å². The first-order chi connectivity index (χ1) is 16.5. The fraction of sp³-hybridized carbons (Fsp3) is 0.435. The molecule has 3 heterocycles. The number of fused-ring (bicyclic) bond motifs is 1. The second-order valence-electron chi connectivity index (χ2n) is 8.92. The molecule has 0 radical (unpaired) electrons. The summed E-state index contributed by atoms with van der Waals surface area (Å²) >= 11 is 0. The van der Waals surface area contributed by atoms with E-state index in [-0.39, 0.29) is 24.0 Å². The number of likely N-dealkylation sites (tertiary alicyclic amines) is 1. The normalized spacial score (nSPS) is 20.6. The minimum atomic E-state index is -4.58. The van der Waals surface area contributed by atoms with Crippen molar-refractivity contribution in [2.24, 2.45) is 27.6 Å². The summed E-state index contributed by atoms with van der Waals surface area (Å²) in [5.41, 5.74) is 5.08. The Morgan fingerprint density at radius 1 is 1.31 bits per heavy atom. The lowest BCUT2D eigenvalue weighted by Gasteiger charge is -2.43. The summed E-state index contributed by atoms with van der Waals surface area (Å²) in [5.74, 6) is 0.245. The lowest BCUT2D eigenvalue weighted by molar-refractivity contribution is -0.141. The zero-order valence-electron chi connectivity index (χ0n) is 19.6. The first-order valence-electron chi connectivity index (χ1n) is 10.9. The fourth-order valence-corrected chi connectivity index (χ4v) is 4.08. The predicted octanol–water partition coefficient (Wildman–Crippen LogP) is 3.06. The van der Waals surface area contributed by atoms with E-state index in [1.54, 1.807) is 19.9 Å². The van der Waals surface area contributed by atoms with Crippen molar-refractivity contribution in [1.82, 2.24) is 19.3 Å². The average Bonchev–Trinajstić information content (AvgIpc) is 3.21. The number of nitrogens with two attached hydrogens (primary N) is 1. The molecule has 0 aliphatic carbocycles. The lowest BCUT2D eigenvalue weighted by atomic mass is 9.77. The molecule has 1 aliphatic rings. The Bertz CT molecular complexity index is 1160. The third-order valence-corrected chi connectivity index (χ3v) is 6.10. The summed E-state index contributed by atoms with van der Waals surface area (Å²) in [4.78, 5) is 17.9. The number of aliphatic imine (C=N–C) groups is 2. The zero-order valence-corrected chi connectivity index (χ0v) is 19.6.